The second kappa shape index (κ2) is 7.56. The lowest BCUT2D eigenvalue weighted by atomic mass is 10.1. The van der Waals surface area contributed by atoms with E-state index in [1.807, 2.05) is 37.3 Å². The third-order valence-corrected chi connectivity index (χ3v) is 3.43. The first-order valence-corrected chi connectivity index (χ1v) is 7.30. The first-order valence-electron chi connectivity index (χ1n) is 7.30. The second-order valence-electron chi connectivity index (χ2n) is 5.29. The maximum Gasteiger partial charge on any atom is 0.274 e. The van der Waals surface area contributed by atoms with Gasteiger partial charge in [-0.3, -0.25) is 9.59 Å². The summed E-state index contributed by atoms with van der Waals surface area (Å²) in [5, 5.41) is 5.66. The standard InChI is InChI=1S/C17H21N3O2/c1-13(11-18-2)16(21)19-15-9-6-10-20(17(15)22)12-14-7-4-3-5-8-14/h3-10,13,18H,11-12H2,1-2H3,(H,19,21). The summed E-state index contributed by atoms with van der Waals surface area (Å²) in [5.74, 6) is -0.365. The lowest BCUT2D eigenvalue weighted by Gasteiger charge is -2.12. The number of pyridine rings is 1. The Balaban J connectivity index is 2.16. The molecule has 0 aliphatic heterocycles. The van der Waals surface area contributed by atoms with Crippen molar-refractivity contribution >= 4 is 11.6 Å². The quantitative estimate of drug-likeness (QED) is 0.853. The molecule has 1 heterocycles. The molecule has 5 heteroatoms. The Bertz CT molecular complexity index is 680. The van der Waals surface area contributed by atoms with Gasteiger partial charge in [0.15, 0.2) is 0 Å². The van der Waals surface area contributed by atoms with Crippen LogP contribution in [0.25, 0.3) is 0 Å². The van der Waals surface area contributed by atoms with Crippen LogP contribution in [0.2, 0.25) is 0 Å². The number of nitrogens with one attached hydrogen (secondary N) is 2. The van der Waals surface area contributed by atoms with Crippen molar-refractivity contribution in [3.8, 4) is 0 Å². The molecule has 116 valence electrons. The van der Waals surface area contributed by atoms with E-state index in [-0.39, 0.29) is 17.4 Å². The van der Waals surface area contributed by atoms with E-state index in [1.54, 1.807) is 29.9 Å². The molecule has 0 bridgehead atoms. The van der Waals surface area contributed by atoms with E-state index in [1.165, 1.54) is 0 Å². The topological polar surface area (TPSA) is 63.1 Å². The molecular weight excluding hydrogens is 278 g/mol. The molecule has 22 heavy (non-hydrogen) atoms. The number of carbonyl (C=O) groups is 1. The van der Waals surface area contributed by atoms with Gasteiger partial charge in [0.2, 0.25) is 5.91 Å². The van der Waals surface area contributed by atoms with Gasteiger partial charge in [-0.2, -0.15) is 0 Å². The number of rotatable bonds is 6. The van der Waals surface area contributed by atoms with Gasteiger partial charge < -0.3 is 15.2 Å². The highest BCUT2D eigenvalue weighted by Gasteiger charge is 2.14. The van der Waals surface area contributed by atoms with Crippen LogP contribution in [0.4, 0.5) is 5.69 Å². The van der Waals surface area contributed by atoms with E-state index in [9.17, 15) is 9.59 Å². The third kappa shape index (κ3) is 4.05. The molecule has 1 unspecified atom stereocenters. The van der Waals surface area contributed by atoms with E-state index in [4.69, 9.17) is 0 Å². The minimum Gasteiger partial charge on any atom is -0.321 e. The molecule has 5 nitrogen and oxygen atoms in total. The van der Waals surface area contributed by atoms with Gasteiger partial charge in [-0.05, 0) is 24.7 Å². The van der Waals surface area contributed by atoms with Gasteiger partial charge in [0.1, 0.15) is 5.69 Å². The molecule has 0 aliphatic carbocycles. The molecule has 0 fully saturated rings. The molecule has 0 spiro atoms. The van der Waals surface area contributed by atoms with Crippen molar-refractivity contribution in [3.05, 3.63) is 64.6 Å². The number of nitrogens with zero attached hydrogens (tertiary/aromatic N) is 1. The average molecular weight is 299 g/mol. The number of benzene rings is 1. The van der Waals surface area contributed by atoms with Gasteiger partial charge in [0.05, 0.1) is 6.54 Å². The summed E-state index contributed by atoms with van der Waals surface area (Å²) >= 11 is 0. The molecule has 0 aliphatic rings. The molecule has 1 atom stereocenters. The maximum absolute atomic E-state index is 12.4. The SMILES string of the molecule is CNCC(C)C(=O)Nc1cccn(Cc2ccccc2)c1=O. The Kier molecular flexibility index (Phi) is 5.49. The molecule has 0 saturated carbocycles. The maximum atomic E-state index is 12.4. The fourth-order valence-electron chi connectivity index (χ4n) is 2.19. The molecule has 1 aromatic heterocycles. The predicted molar refractivity (Wildman–Crippen MR) is 88.0 cm³/mol. The lowest BCUT2D eigenvalue weighted by molar-refractivity contribution is -0.119. The molecule has 2 N–H and O–H groups in total. The molecular formula is C17H21N3O2. The van der Waals surface area contributed by atoms with E-state index in [0.717, 1.165) is 5.56 Å². The molecule has 2 rings (SSSR count). The monoisotopic (exact) mass is 299 g/mol. The molecule has 2 aromatic rings. The minimum atomic E-state index is -0.202. The van der Waals surface area contributed by atoms with Crippen LogP contribution in [-0.2, 0) is 11.3 Å². The summed E-state index contributed by atoms with van der Waals surface area (Å²) in [5.41, 5.74) is 1.15. The smallest absolute Gasteiger partial charge is 0.274 e. The lowest BCUT2D eigenvalue weighted by Crippen LogP contribution is -2.32. The predicted octanol–water partition coefficient (Wildman–Crippen LogP) is 1.69. The van der Waals surface area contributed by atoms with E-state index < -0.39 is 0 Å². The first kappa shape index (κ1) is 16.0. The van der Waals surface area contributed by atoms with Crippen LogP contribution >= 0.6 is 0 Å². The highest BCUT2D eigenvalue weighted by Crippen LogP contribution is 2.05. The van der Waals surface area contributed by atoms with Gasteiger partial charge in [-0.25, -0.2) is 0 Å². The van der Waals surface area contributed by atoms with Crippen LogP contribution in [0.1, 0.15) is 12.5 Å². The van der Waals surface area contributed by atoms with Crippen molar-refractivity contribution < 1.29 is 4.79 Å². The highest BCUT2D eigenvalue weighted by atomic mass is 16.2. The van der Waals surface area contributed by atoms with Gasteiger partial charge in [-0.1, -0.05) is 37.3 Å². The van der Waals surface area contributed by atoms with Crippen LogP contribution in [0.5, 0.6) is 0 Å². The molecule has 1 aromatic carbocycles. The Morgan fingerprint density at radius 1 is 1.18 bits per heavy atom. The molecule has 0 saturated heterocycles. The number of hydrogen-bond donors (Lipinski definition) is 2. The zero-order chi connectivity index (χ0) is 15.9. The van der Waals surface area contributed by atoms with Crippen molar-refractivity contribution in [1.82, 2.24) is 9.88 Å². The Labute approximate surface area is 130 Å². The van der Waals surface area contributed by atoms with E-state index in [2.05, 4.69) is 10.6 Å². The van der Waals surface area contributed by atoms with Crippen molar-refractivity contribution in [1.29, 1.82) is 0 Å². The fourth-order valence-corrected chi connectivity index (χ4v) is 2.19. The van der Waals surface area contributed by atoms with Crippen LogP contribution in [0.15, 0.2) is 53.5 Å². The van der Waals surface area contributed by atoms with Crippen molar-refractivity contribution in [2.24, 2.45) is 5.92 Å². The van der Waals surface area contributed by atoms with Crippen molar-refractivity contribution in [3.63, 3.8) is 0 Å². The van der Waals surface area contributed by atoms with Crippen LogP contribution in [0.3, 0.4) is 0 Å². The summed E-state index contributed by atoms with van der Waals surface area (Å²) in [6.07, 6.45) is 1.72. The van der Waals surface area contributed by atoms with E-state index in [0.29, 0.717) is 18.8 Å². The molecule has 1 amide bonds. The summed E-state index contributed by atoms with van der Waals surface area (Å²) < 4.78 is 1.59. The number of carbonyl (C=O) groups excluding carboxylic acids is 1. The van der Waals surface area contributed by atoms with Crippen LogP contribution < -0.4 is 16.2 Å². The summed E-state index contributed by atoms with van der Waals surface area (Å²) in [7, 11) is 1.79. The number of aromatic nitrogens is 1. The summed E-state index contributed by atoms with van der Waals surface area (Å²) in [6.45, 7) is 2.86. The number of anilines is 1. The van der Waals surface area contributed by atoms with E-state index >= 15 is 0 Å². The van der Waals surface area contributed by atoms with Crippen LogP contribution in [-0.4, -0.2) is 24.1 Å². The van der Waals surface area contributed by atoms with Gasteiger partial charge in [-0.15, -0.1) is 0 Å². The van der Waals surface area contributed by atoms with Crippen molar-refractivity contribution in [2.45, 2.75) is 13.5 Å². The normalized spacial score (nSPS) is 11.9. The van der Waals surface area contributed by atoms with Crippen LogP contribution in [0, 0.1) is 5.92 Å². The Hall–Kier alpha value is -2.40. The van der Waals surface area contributed by atoms with Gasteiger partial charge in [0, 0.05) is 18.7 Å². The van der Waals surface area contributed by atoms with Gasteiger partial charge in [0.25, 0.3) is 5.56 Å². The molecule has 0 radical (unpaired) electrons. The zero-order valence-corrected chi connectivity index (χ0v) is 12.9. The third-order valence-electron chi connectivity index (χ3n) is 3.43. The second-order valence-corrected chi connectivity index (χ2v) is 5.29. The summed E-state index contributed by atoms with van der Waals surface area (Å²) in [6, 6.07) is 13.1. The van der Waals surface area contributed by atoms with Crippen molar-refractivity contribution in [2.75, 3.05) is 18.9 Å². The fraction of sp³-hybridized carbons (Fsp3) is 0.294. The largest absolute Gasteiger partial charge is 0.321 e. The van der Waals surface area contributed by atoms with Gasteiger partial charge >= 0.3 is 0 Å². The Morgan fingerprint density at radius 3 is 2.59 bits per heavy atom. The zero-order valence-electron chi connectivity index (χ0n) is 12.9. The highest BCUT2D eigenvalue weighted by molar-refractivity contribution is 5.92. The summed E-state index contributed by atoms with van der Waals surface area (Å²) in [4.78, 5) is 24.4. The average Bonchev–Trinajstić information content (AvgIpc) is 2.52. The minimum absolute atomic E-state index is 0.163. The number of amides is 1. The number of hydrogen-bond acceptors (Lipinski definition) is 3. The Morgan fingerprint density at radius 2 is 1.91 bits per heavy atom. The first-order chi connectivity index (χ1) is 10.6.